The number of aryl methyl sites for hydroxylation is 1. The van der Waals surface area contributed by atoms with E-state index in [2.05, 4.69) is 5.32 Å². The molecule has 1 amide bonds. The summed E-state index contributed by atoms with van der Waals surface area (Å²) in [5.41, 5.74) is 1.55. The Balaban J connectivity index is 2.11. The number of benzene rings is 2. The van der Waals surface area contributed by atoms with Crippen LogP contribution in [0.25, 0.3) is 0 Å². The number of carbonyl (C=O) groups excluding carboxylic acids is 1. The summed E-state index contributed by atoms with van der Waals surface area (Å²) < 4.78 is 45.3. The standard InChI is InChI=1S/C19H21F3N2O2/c1-11-5-8-16(26-4)13(9-11)10-24(3)12(2)19(25)23-15-7-6-14(20)17(21)18(15)22/h5-9,12H,10H2,1-4H3,(H,23,25)/t12-/m1/s1. The monoisotopic (exact) mass is 366 g/mol. The number of rotatable bonds is 6. The highest BCUT2D eigenvalue weighted by molar-refractivity contribution is 5.94. The van der Waals surface area contributed by atoms with E-state index in [9.17, 15) is 18.0 Å². The van der Waals surface area contributed by atoms with Crippen molar-refractivity contribution in [3.05, 3.63) is 58.9 Å². The molecule has 0 aromatic heterocycles. The fourth-order valence-electron chi connectivity index (χ4n) is 2.50. The lowest BCUT2D eigenvalue weighted by atomic mass is 10.1. The van der Waals surface area contributed by atoms with Crippen molar-refractivity contribution in [2.24, 2.45) is 0 Å². The molecule has 1 N–H and O–H groups in total. The molecule has 0 aliphatic carbocycles. The second-order valence-corrected chi connectivity index (χ2v) is 6.12. The summed E-state index contributed by atoms with van der Waals surface area (Å²) in [7, 11) is 3.30. The Morgan fingerprint density at radius 1 is 1.19 bits per heavy atom. The van der Waals surface area contributed by atoms with Gasteiger partial charge in [-0.3, -0.25) is 9.69 Å². The maximum atomic E-state index is 13.7. The van der Waals surface area contributed by atoms with Crippen LogP contribution in [-0.2, 0) is 11.3 Å². The van der Waals surface area contributed by atoms with E-state index >= 15 is 0 Å². The first kappa shape index (κ1) is 19.8. The largest absolute Gasteiger partial charge is 0.496 e. The van der Waals surface area contributed by atoms with Crippen LogP contribution in [0, 0.1) is 24.4 Å². The van der Waals surface area contributed by atoms with Gasteiger partial charge in [-0.25, -0.2) is 13.2 Å². The fraction of sp³-hybridized carbons (Fsp3) is 0.316. The highest BCUT2D eigenvalue weighted by atomic mass is 19.2. The van der Waals surface area contributed by atoms with Crippen LogP contribution in [0.2, 0.25) is 0 Å². The van der Waals surface area contributed by atoms with Gasteiger partial charge in [0.05, 0.1) is 18.8 Å². The van der Waals surface area contributed by atoms with Crippen molar-refractivity contribution in [3.63, 3.8) is 0 Å². The van der Waals surface area contributed by atoms with Crippen molar-refractivity contribution in [3.8, 4) is 5.75 Å². The molecule has 0 saturated carbocycles. The Labute approximate surface area is 150 Å². The first-order chi connectivity index (χ1) is 12.2. The molecule has 0 unspecified atom stereocenters. The van der Waals surface area contributed by atoms with Crippen LogP contribution >= 0.6 is 0 Å². The molecule has 2 rings (SSSR count). The molecule has 7 heteroatoms. The van der Waals surface area contributed by atoms with Gasteiger partial charge < -0.3 is 10.1 Å². The Morgan fingerprint density at radius 2 is 1.88 bits per heavy atom. The van der Waals surface area contributed by atoms with Gasteiger partial charge in [0.1, 0.15) is 5.75 Å². The lowest BCUT2D eigenvalue weighted by Gasteiger charge is -2.25. The summed E-state index contributed by atoms with van der Waals surface area (Å²) >= 11 is 0. The summed E-state index contributed by atoms with van der Waals surface area (Å²) in [6.07, 6.45) is 0. The first-order valence-electron chi connectivity index (χ1n) is 8.02. The summed E-state index contributed by atoms with van der Waals surface area (Å²) in [5.74, 6) is -4.19. The second kappa shape index (κ2) is 8.23. The van der Waals surface area contributed by atoms with Crippen molar-refractivity contribution >= 4 is 11.6 Å². The zero-order valence-electron chi connectivity index (χ0n) is 15.1. The molecule has 0 radical (unpaired) electrons. The van der Waals surface area contributed by atoms with E-state index in [0.717, 1.165) is 23.3 Å². The van der Waals surface area contributed by atoms with Gasteiger partial charge in [0.2, 0.25) is 5.91 Å². The van der Waals surface area contributed by atoms with Crippen molar-refractivity contribution in [1.29, 1.82) is 0 Å². The van der Waals surface area contributed by atoms with Crippen LogP contribution < -0.4 is 10.1 Å². The number of carbonyl (C=O) groups is 1. The molecule has 0 aliphatic heterocycles. The highest BCUT2D eigenvalue weighted by Crippen LogP contribution is 2.23. The lowest BCUT2D eigenvalue weighted by Crippen LogP contribution is -2.39. The summed E-state index contributed by atoms with van der Waals surface area (Å²) in [5, 5.41) is 2.29. The lowest BCUT2D eigenvalue weighted by molar-refractivity contribution is -0.120. The van der Waals surface area contributed by atoms with Crippen molar-refractivity contribution in [1.82, 2.24) is 4.90 Å². The minimum Gasteiger partial charge on any atom is -0.496 e. The second-order valence-electron chi connectivity index (χ2n) is 6.12. The van der Waals surface area contributed by atoms with Gasteiger partial charge in [-0.2, -0.15) is 0 Å². The average molecular weight is 366 g/mol. The fourth-order valence-corrected chi connectivity index (χ4v) is 2.50. The summed E-state index contributed by atoms with van der Waals surface area (Å²) in [6.45, 7) is 4.00. The average Bonchev–Trinajstić information content (AvgIpc) is 2.61. The van der Waals surface area contributed by atoms with Gasteiger partial charge in [0.25, 0.3) is 0 Å². The Morgan fingerprint density at radius 3 is 2.54 bits per heavy atom. The Kier molecular flexibility index (Phi) is 6.26. The maximum Gasteiger partial charge on any atom is 0.241 e. The van der Waals surface area contributed by atoms with Crippen molar-refractivity contribution in [2.45, 2.75) is 26.4 Å². The van der Waals surface area contributed by atoms with Gasteiger partial charge in [-0.05, 0) is 39.1 Å². The topological polar surface area (TPSA) is 41.6 Å². The number of methoxy groups -OCH3 is 1. The molecule has 2 aromatic rings. The number of anilines is 1. The number of ether oxygens (including phenoxy) is 1. The molecular weight excluding hydrogens is 345 g/mol. The minimum atomic E-state index is -1.62. The molecule has 0 spiro atoms. The maximum absolute atomic E-state index is 13.7. The molecule has 140 valence electrons. The van der Waals surface area contributed by atoms with Crippen LogP contribution in [0.3, 0.4) is 0 Å². The van der Waals surface area contributed by atoms with E-state index in [4.69, 9.17) is 4.74 Å². The number of amides is 1. The van der Waals surface area contributed by atoms with Crippen LogP contribution in [0.5, 0.6) is 5.75 Å². The molecule has 0 saturated heterocycles. The van der Waals surface area contributed by atoms with Crippen LogP contribution in [0.1, 0.15) is 18.1 Å². The number of halogens is 3. The van der Waals surface area contributed by atoms with E-state index in [1.165, 1.54) is 0 Å². The smallest absolute Gasteiger partial charge is 0.241 e. The minimum absolute atomic E-state index is 0.401. The van der Waals surface area contributed by atoms with E-state index < -0.39 is 35.1 Å². The third-order valence-electron chi connectivity index (χ3n) is 4.19. The SMILES string of the molecule is COc1ccc(C)cc1CN(C)[C@H](C)C(=O)Nc1ccc(F)c(F)c1F. The molecule has 0 fully saturated rings. The molecular formula is C19H21F3N2O2. The Hall–Kier alpha value is -2.54. The van der Waals surface area contributed by atoms with E-state index in [1.807, 2.05) is 25.1 Å². The number of nitrogens with one attached hydrogen (secondary N) is 1. The summed E-state index contributed by atoms with van der Waals surface area (Å²) in [4.78, 5) is 14.1. The van der Waals surface area contributed by atoms with E-state index in [1.54, 1.807) is 26.0 Å². The zero-order chi connectivity index (χ0) is 19.4. The molecule has 0 heterocycles. The normalized spacial score (nSPS) is 12.2. The number of hydrogen-bond donors (Lipinski definition) is 1. The van der Waals surface area contributed by atoms with Crippen LogP contribution in [0.15, 0.2) is 30.3 Å². The number of hydrogen-bond acceptors (Lipinski definition) is 3. The van der Waals surface area contributed by atoms with E-state index in [0.29, 0.717) is 12.3 Å². The molecule has 1 atom stereocenters. The third-order valence-corrected chi connectivity index (χ3v) is 4.19. The molecule has 0 bridgehead atoms. The molecule has 26 heavy (non-hydrogen) atoms. The van der Waals surface area contributed by atoms with Crippen molar-refractivity contribution in [2.75, 3.05) is 19.5 Å². The van der Waals surface area contributed by atoms with E-state index in [-0.39, 0.29) is 0 Å². The molecule has 4 nitrogen and oxygen atoms in total. The van der Waals surface area contributed by atoms with Gasteiger partial charge in [-0.1, -0.05) is 17.7 Å². The quantitative estimate of drug-likeness (QED) is 0.789. The summed E-state index contributed by atoms with van der Waals surface area (Å²) in [6, 6.07) is 6.83. The Bertz CT molecular complexity index is 812. The number of likely N-dealkylation sites (N-methyl/N-ethyl adjacent to an activating group) is 1. The van der Waals surface area contributed by atoms with Gasteiger partial charge in [0, 0.05) is 12.1 Å². The first-order valence-corrected chi connectivity index (χ1v) is 8.02. The third kappa shape index (κ3) is 4.35. The van der Waals surface area contributed by atoms with Gasteiger partial charge in [-0.15, -0.1) is 0 Å². The van der Waals surface area contributed by atoms with Gasteiger partial charge in [0.15, 0.2) is 17.5 Å². The van der Waals surface area contributed by atoms with Crippen LogP contribution in [-0.4, -0.2) is 31.0 Å². The van der Waals surface area contributed by atoms with Crippen molar-refractivity contribution < 1.29 is 22.7 Å². The zero-order valence-corrected chi connectivity index (χ0v) is 15.1. The predicted molar refractivity (Wildman–Crippen MR) is 93.6 cm³/mol. The van der Waals surface area contributed by atoms with Gasteiger partial charge >= 0.3 is 0 Å². The molecule has 2 aromatic carbocycles. The number of nitrogens with zero attached hydrogens (tertiary/aromatic N) is 1. The molecule has 0 aliphatic rings. The predicted octanol–water partition coefficient (Wildman–Crippen LogP) is 3.88. The van der Waals surface area contributed by atoms with Crippen LogP contribution in [0.4, 0.5) is 18.9 Å². The highest BCUT2D eigenvalue weighted by Gasteiger charge is 2.22.